The van der Waals surface area contributed by atoms with E-state index in [2.05, 4.69) is 10.2 Å². The Bertz CT molecular complexity index is 703. The summed E-state index contributed by atoms with van der Waals surface area (Å²) < 4.78 is 13.4. The fourth-order valence-electron chi connectivity index (χ4n) is 2.13. The minimum Gasteiger partial charge on any atom is -0.490 e. The largest absolute Gasteiger partial charge is 0.490 e. The van der Waals surface area contributed by atoms with Crippen LogP contribution in [0.25, 0.3) is 0 Å². The number of nitrogens with zero attached hydrogens (tertiary/aromatic N) is 3. The van der Waals surface area contributed by atoms with Gasteiger partial charge in [-0.1, -0.05) is 17.8 Å². The van der Waals surface area contributed by atoms with E-state index in [-0.39, 0.29) is 18.3 Å². The van der Waals surface area contributed by atoms with Crippen molar-refractivity contribution in [2.24, 2.45) is 5.73 Å². The summed E-state index contributed by atoms with van der Waals surface area (Å²) in [4.78, 5) is 10.9. The van der Waals surface area contributed by atoms with E-state index in [0.717, 1.165) is 5.56 Å². The van der Waals surface area contributed by atoms with E-state index < -0.39 is 0 Å². The third kappa shape index (κ3) is 4.64. The minimum atomic E-state index is -0.385. The lowest BCUT2D eigenvalue weighted by atomic mass is 10.2. The highest BCUT2D eigenvalue weighted by Gasteiger charge is 2.14. The van der Waals surface area contributed by atoms with Gasteiger partial charge in [-0.05, 0) is 38.5 Å². The molecule has 0 aliphatic rings. The number of amides is 1. The molecule has 130 valence electrons. The van der Waals surface area contributed by atoms with Gasteiger partial charge in [0.05, 0.1) is 12.4 Å². The molecule has 8 heteroatoms. The Kier molecular flexibility index (Phi) is 6.48. The topological polar surface area (TPSA) is 92.3 Å². The minimum absolute atomic E-state index is 0.172. The van der Waals surface area contributed by atoms with Crippen LogP contribution in [0.1, 0.15) is 25.2 Å². The van der Waals surface area contributed by atoms with Gasteiger partial charge in [0.15, 0.2) is 22.5 Å². The summed E-state index contributed by atoms with van der Waals surface area (Å²) in [5.41, 5.74) is 6.28. The van der Waals surface area contributed by atoms with Gasteiger partial charge in [-0.2, -0.15) is 0 Å². The van der Waals surface area contributed by atoms with Crippen LogP contribution in [0.2, 0.25) is 0 Å². The monoisotopic (exact) mass is 350 g/mol. The van der Waals surface area contributed by atoms with Gasteiger partial charge in [-0.25, -0.2) is 0 Å². The summed E-state index contributed by atoms with van der Waals surface area (Å²) in [5.74, 6) is 1.85. The van der Waals surface area contributed by atoms with Crippen molar-refractivity contribution in [3.8, 4) is 11.5 Å². The first-order valence-electron chi connectivity index (χ1n) is 7.74. The normalized spacial score (nSPS) is 10.6. The van der Waals surface area contributed by atoms with Crippen molar-refractivity contribution in [3.05, 3.63) is 29.6 Å². The molecule has 0 atom stereocenters. The molecule has 2 rings (SSSR count). The zero-order valence-electron chi connectivity index (χ0n) is 14.1. The summed E-state index contributed by atoms with van der Waals surface area (Å²) >= 11 is 1.27. The standard InChI is InChI=1S/C16H22N4O3S/c1-4-20-15(18-19-16(20)24-10-14(17)21)9-23-12-7-6-11(3)8-13(12)22-5-2/h6-8H,4-5,9-10H2,1-3H3,(H2,17,21). The van der Waals surface area contributed by atoms with E-state index in [1.165, 1.54) is 11.8 Å². The Hall–Kier alpha value is -2.22. The van der Waals surface area contributed by atoms with Crippen LogP contribution < -0.4 is 15.2 Å². The molecule has 0 radical (unpaired) electrons. The maximum absolute atomic E-state index is 10.9. The zero-order valence-corrected chi connectivity index (χ0v) is 14.9. The van der Waals surface area contributed by atoms with Crippen LogP contribution in [0.4, 0.5) is 0 Å². The molecule has 1 amide bonds. The number of hydrogen-bond donors (Lipinski definition) is 1. The lowest BCUT2D eigenvalue weighted by Crippen LogP contribution is -2.14. The second-order valence-corrected chi connectivity index (χ2v) is 6.01. The molecule has 2 N–H and O–H groups in total. The molecule has 7 nitrogen and oxygen atoms in total. The lowest BCUT2D eigenvalue weighted by Gasteiger charge is -2.13. The lowest BCUT2D eigenvalue weighted by molar-refractivity contribution is -0.115. The Labute approximate surface area is 145 Å². The molecule has 0 saturated heterocycles. The Morgan fingerprint density at radius 3 is 2.71 bits per heavy atom. The average molecular weight is 350 g/mol. The first-order chi connectivity index (χ1) is 11.5. The van der Waals surface area contributed by atoms with Crippen molar-refractivity contribution < 1.29 is 14.3 Å². The number of benzene rings is 1. The molecule has 0 spiro atoms. The predicted molar refractivity (Wildman–Crippen MR) is 92.3 cm³/mol. The first-order valence-corrected chi connectivity index (χ1v) is 8.73. The molecule has 24 heavy (non-hydrogen) atoms. The quantitative estimate of drug-likeness (QED) is 0.697. The second kappa shape index (κ2) is 8.58. The van der Waals surface area contributed by atoms with E-state index in [0.29, 0.717) is 35.6 Å². The van der Waals surface area contributed by atoms with Crippen molar-refractivity contribution in [1.82, 2.24) is 14.8 Å². The number of aryl methyl sites for hydroxylation is 1. The number of carbonyl (C=O) groups excluding carboxylic acids is 1. The molecule has 0 fully saturated rings. The van der Waals surface area contributed by atoms with E-state index in [1.807, 2.05) is 43.5 Å². The number of nitrogens with two attached hydrogens (primary N) is 1. The highest BCUT2D eigenvalue weighted by atomic mass is 32.2. The number of hydrogen-bond acceptors (Lipinski definition) is 6. The number of primary amides is 1. The third-order valence-electron chi connectivity index (χ3n) is 3.21. The van der Waals surface area contributed by atoms with Crippen LogP contribution in [-0.4, -0.2) is 33.0 Å². The average Bonchev–Trinajstić information content (AvgIpc) is 2.94. The van der Waals surface area contributed by atoms with Crippen LogP contribution in [0.15, 0.2) is 23.4 Å². The number of carbonyl (C=O) groups is 1. The zero-order chi connectivity index (χ0) is 17.5. The molecule has 1 aromatic carbocycles. The van der Waals surface area contributed by atoms with Gasteiger partial charge >= 0.3 is 0 Å². The van der Waals surface area contributed by atoms with Gasteiger partial charge < -0.3 is 19.8 Å². The maximum atomic E-state index is 10.9. The molecular formula is C16H22N4O3S. The molecule has 0 bridgehead atoms. The Balaban J connectivity index is 2.10. The summed E-state index contributed by atoms with van der Waals surface area (Å²) in [7, 11) is 0. The predicted octanol–water partition coefficient (Wildman–Crippen LogP) is 2.16. The molecule has 0 saturated carbocycles. The van der Waals surface area contributed by atoms with Crippen LogP contribution in [-0.2, 0) is 17.9 Å². The van der Waals surface area contributed by atoms with Crippen molar-refractivity contribution in [2.75, 3.05) is 12.4 Å². The first kappa shape index (κ1) is 18.1. The third-order valence-corrected chi connectivity index (χ3v) is 4.20. The van der Waals surface area contributed by atoms with Crippen LogP contribution >= 0.6 is 11.8 Å². The summed E-state index contributed by atoms with van der Waals surface area (Å²) in [6.45, 7) is 7.43. The SMILES string of the molecule is CCOc1cc(C)ccc1OCc1nnc(SCC(N)=O)n1CC. The van der Waals surface area contributed by atoms with Crippen LogP contribution in [0.5, 0.6) is 11.5 Å². The van der Waals surface area contributed by atoms with Crippen molar-refractivity contribution in [2.45, 2.75) is 39.1 Å². The van der Waals surface area contributed by atoms with Crippen molar-refractivity contribution in [1.29, 1.82) is 0 Å². The Morgan fingerprint density at radius 2 is 2.04 bits per heavy atom. The van der Waals surface area contributed by atoms with Gasteiger partial charge in [0, 0.05) is 6.54 Å². The summed E-state index contributed by atoms with van der Waals surface area (Å²) in [6, 6.07) is 5.80. The molecule has 0 aliphatic carbocycles. The van der Waals surface area contributed by atoms with Gasteiger partial charge in [-0.3, -0.25) is 4.79 Å². The smallest absolute Gasteiger partial charge is 0.227 e. The van der Waals surface area contributed by atoms with Gasteiger partial charge in [-0.15, -0.1) is 10.2 Å². The maximum Gasteiger partial charge on any atom is 0.227 e. The number of thioether (sulfide) groups is 1. The Morgan fingerprint density at radius 1 is 1.25 bits per heavy atom. The van der Waals surface area contributed by atoms with Crippen LogP contribution in [0, 0.1) is 6.92 Å². The molecule has 2 aromatic rings. The van der Waals surface area contributed by atoms with Crippen LogP contribution in [0.3, 0.4) is 0 Å². The van der Waals surface area contributed by atoms with Gasteiger partial charge in [0.1, 0.15) is 6.61 Å². The van der Waals surface area contributed by atoms with E-state index in [9.17, 15) is 4.79 Å². The second-order valence-electron chi connectivity index (χ2n) is 5.07. The molecule has 1 aromatic heterocycles. The number of rotatable bonds is 9. The van der Waals surface area contributed by atoms with Gasteiger partial charge in [0.25, 0.3) is 0 Å². The number of aromatic nitrogens is 3. The molecule has 0 aliphatic heterocycles. The molecule has 1 heterocycles. The fourth-order valence-corrected chi connectivity index (χ4v) is 2.89. The van der Waals surface area contributed by atoms with E-state index in [4.69, 9.17) is 15.2 Å². The van der Waals surface area contributed by atoms with E-state index in [1.54, 1.807) is 0 Å². The van der Waals surface area contributed by atoms with E-state index >= 15 is 0 Å². The van der Waals surface area contributed by atoms with Crippen molar-refractivity contribution in [3.63, 3.8) is 0 Å². The summed E-state index contributed by atoms with van der Waals surface area (Å²) in [6.07, 6.45) is 0. The number of ether oxygens (including phenoxy) is 2. The molecule has 0 unspecified atom stereocenters. The highest BCUT2D eigenvalue weighted by Crippen LogP contribution is 2.29. The van der Waals surface area contributed by atoms with Crippen molar-refractivity contribution >= 4 is 17.7 Å². The van der Waals surface area contributed by atoms with Gasteiger partial charge in [0.2, 0.25) is 5.91 Å². The fraction of sp³-hybridized carbons (Fsp3) is 0.438. The summed E-state index contributed by atoms with van der Waals surface area (Å²) in [5, 5.41) is 8.90. The molecular weight excluding hydrogens is 328 g/mol. The highest BCUT2D eigenvalue weighted by molar-refractivity contribution is 7.99.